The van der Waals surface area contributed by atoms with Gasteiger partial charge >= 0.3 is 12.1 Å². The van der Waals surface area contributed by atoms with Crippen molar-refractivity contribution in [2.24, 2.45) is 5.92 Å². The summed E-state index contributed by atoms with van der Waals surface area (Å²) in [6.45, 7) is 13.6. The smallest absolute Gasteiger partial charge is 0.410 e. The van der Waals surface area contributed by atoms with Crippen LogP contribution in [-0.4, -0.2) is 59.7 Å². The van der Waals surface area contributed by atoms with Crippen LogP contribution in [-0.2, 0) is 4.74 Å². The van der Waals surface area contributed by atoms with E-state index in [9.17, 15) is 9.59 Å². The fraction of sp³-hybridized carbons (Fsp3) is 0.882. The van der Waals surface area contributed by atoms with Gasteiger partial charge in [0.1, 0.15) is 5.60 Å². The predicted molar refractivity (Wildman–Crippen MR) is 91.4 cm³/mol. The molecule has 0 aliphatic carbocycles. The van der Waals surface area contributed by atoms with Crippen molar-refractivity contribution in [2.45, 2.75) is 65.5 Å². The Bertz CT molecular complexity index is 429. The lowest BCUT2D eigenvalue weighted by Crippen LogP contribution is -2.49. The van der Waals surface area contributed by atoms with E-state index in [0.29, 0.717) is 13.1 Å². The summed E-state index contributed by atoms with van der Waals surface area (Å²) in [6, 6.07) is -0.0146. The summed E-state index contributed by atoms with van der Waals surface area (Å²) in [5.41, 5.74) is -0.565. The van der Waals surface area contributed by atoms with E-state index < -0.39 is 5.60 Å². The lowest BCUT2D eigenvalue weighted by atomic mass is 10.0. The second kappa shape index (κ2) is 7.41. The third kappa shape index (κ3) is 6.28. The highest BCUT2D eigenvalue weighted by Crippen LogP contribution is 2.27. The zero-order valence-electron chi connectivity index (χ0n) is 15.7. The van der Waals surface area contributed by atoms with Crippen LogP contribution in [0.3, 0.4) is 0 Å². The van der Waals surface area contributed by atoms with Gasteiger partial charge in [-0.15, -0.1) is 0 Å². The second-order valence-corrected chi connectivity index (χ2v) is 8.22. The first-order valence-electron chi connectivity index (χ1n) is 8.42. The Hall–Kier alpha value is -1.46. The van der Waals surface area contributed by atoms with Gasteiger partial charge < -0.3 is 19.9 Å². The fourth-order valence-electron chi connectivity index (χ4n) is 2.79. The summed E-state index contributed by atoms with van der Waals surface area (Å²) >= 11 is 0. The van der Waals surface area contributed by atoms with Crippen molar-refractivity contribution in [3.8, 4) is 0 Å². The Morgan fingerprint density at radius 1 is 1.35 bits per heavy atom. The highest BCUT2D eigenvalue weighted by molar-refractivity contribution is 5.75. The molecule has 1 unspecified atom stereocenters. The van der Waals surface area contributed by atoms with Crippen LogP contribution in [0.15, 0.2) is 0 Å². The summed E-state index contributed by atoms with van der Waals surface area (Å²) in [7, 11) is 1.72. The molecule has 6 nitrogen and oxygen atoms in total. The Balaban J connectivity index is 2.38. The number of rotatable bonds is 4. The Morgan fingerprint density at radius 3 is 2.43 bits per heavy atom. The summed E-state index contributed by atoms with van der Waals surface area (Å²) in [4.78, 5) is 27.7. The molecule has 0 saturated carbocycles. The minimum atomic E-state index is -0.496. The van der Waals surface area contributed by atoms with E-state index in [0.717, 1.165) is 19.4 Å². The maximum Gasteiger partial charge on any atom is 0.410 e. The van der Waals surface area contributed by atoms with Crippen LogP contribution in [0.5, 0.6) is 0 Å². The zero-order chi connectivity index (χ0) is 17.8. The highest BCUT2D eigenvalue weighted by Gasteiger charge is 2.35. The first kappa shape index (κ1) is 19.6. The number of hydrogen-bond acceptors (Lipinski definition) is 3. The van der Waals surface area contributed by atoms with Crippen molar-refractivity contribution in [1.82, 2.24) is 15.1 Å². The third-order valence-corrected chi connectivity index (χ3v) is 4.04. The summed E-state index contributed by atoms with van der Waals surface area (Å²) in [5, 5.41) is 2.98. The van der Waals surface area contributed by atoms with Crippen LogP contribution in [0.1, 0.15) is 54.4 Å². The molecule has 134 valence electrons. The third-order valence-electron chi connectivity index (χ3n) is 4.04. The summed E-state index contributed by atoms with van der Waals surface area (Å²) in [5.74, 6) is 0.155. The zero-order valence-corrected chi connectivity index (χ0v) is 15.7. The van der Waals surface area contributed by atoms with Crippen molar-refractivity contribution < 1.29 is 14.3 Å². The van der Waals surface area contributed by atoms with Crippen molar-refractivity contribution >= 4 is 12.1 Å². The lowest BCUT2D eigenvalue weighted by Gasteiger charge is -2.32. The molecule has 1 fully saturated rings. The summed E-state index contributed by atoms with van der Waals surface area (Å²) in [6.07, 6.45) is 1.76. The molecule has 1 rings (SSSR count). The predicted octanol–water partition coefficient (Wildman–Crippen LogP) is 3.07. The van der Waals surface area contributed by atoms with E-state index in [4.69, 9.17) is 4.74 Å². The molecule has 1 aliphatic rings. The molecule has 6 heteroatoms. The van der Waals surface area contributed by atoms with Gasteiger partial charge in [0.25, 0.3) is 0 Å². The molecule has 23 heavy (non-hydrogen) atoms. The number of nitrogens with one attached hydrogen (secondary N) is 1. The molecule has 0 spiro atoms. The Morgan fingerprint density at radius 2 is 1.96 bits per heavy atom. The molecule has 0 aromatic rings. The quantitative estimate of drug-likeness (QED) is 0.863. The standard InChI is InChI=1S/C17H33N3O3/c1-13(12-19(7)15(22)23-16(2,3)4)11-18-14(21)20-10-8-9-17(20,5)6/h13H,8-12H2,1-7H3,(H,18,21). The van der Waals surface area contributed by atoms with E-state index in [2.05, 4.69) is 19.2 Å². The summed E-state index contributed by atoms with van der Waals surface area (Å²) < 4.78 is 5.33. The van der Waals surface area contributed by atoms with Crippen LogP contribution in [0.25, 0.3) is 0 Å². The van der Waals surface area contributed by atoms with E-state index >= 15 is 0 Å². The molecule has 1 aliphatic heterocycles. The maximum atomic E-state index is 12.3. The number of ether oxygens (including phenoxy) is 1. The molecular formula is C17H33N3O3. The van der Waals surface area contributed by atoms with Crippen LogP contribution in [0, 0.1) is 5.92 Å². The molecule has 0 bridgehead atoms. The maximum absolute atomic E-state index is 12.3. The van der Waals surface area contributed by atoms with Crippen molar-refractivity contribution in [1.29, 1.82) is 0 Å². The molecule has 0 aromatic carbocycles. The average Bonchev–Trinajstić information content (AvgIpc) is 2.73. The van der Waals surface area contributed by atoms with E-state index in [1.54, 1.807) is 11.9 Å². The number of urea groups is 1. The van der Waals surface area contributed by atoms with Gasteiger partial charge in [0, 0.05) is 32.2 Å². The largest absolute Gasteiger partial charge is 0.444 e. The second-order valence-electron chi connectivity index (χ2n) is 8.22. The normalized spacial score (nSPS) is 18.5. The van der Waals surface area contributed by atoms with Gasteiger partial charge in [-0.1, -0.05) is 6.92 Å². The minimum Gasteiger partial charge on any atom is -0.444 e. The van der Waals surface area contributed by atoms with Crippen LogP contribution in [0.2, 0.25) is 0 Å². The van der Waals surface area contributed by atoms with Gasteiger partial charge in [0.2, 0.25) is 0 Å². The van der Waals surface area contributed by atoms with Gasteiger partial charge in [0.15, 0.2) is 0 Å². The van der Waals surface area contributed by atoms with E-state index in [1.165, 1.54) is 0 Å². The molecule has 1 N–H and O–H groups in total. The van der Waals surface area contributed by atoms with Gasteiger partial charge in [-0.05, 0) is 53.4 Å². The molecule has 1 heterocycles. The number of carbonyl (C=O) groups excluding carboxylic acids is 2. The number of likely N-dealkylation sites (tertiary alicyclic amines) is 1. The number of carbonyl (C=O) groups is 2. The molecule has 1 saturated heterocycles. The van der Waals surface area contributed by atoms with Crippen molar-refractivity contribution in [2.75, 3.05) is 26.7 Å². The Labute approximate surface area is 140 Å². The topological polar surface area (TPSA) is 61.9 Å². The van der Waals surface area contributed by atoms with Crippen LogP contribution < -0.4 is 5.32 Å². The fourth-order valence-corrected chi connectivity index (χ4v) is 2.79. The van der Waals surface area contributed by atoms with Crippen LogP contribution in [0.4, 0.5) is 9.59 Å². The van der Waals surface area contributed by atoms with Gasteiger partial charge in [-0.25, -0.2) is 9.59 Å². The molecule has 0 radical (unpaired) electrons. The first-order chi connectivity index (χ1) is 10.4. The number of hydrogen-bond donors (Lipinski definition) is 1. The lowest BCUT2D eigenvalue weighted by molar-refractivity contribution is 0.0277. The van der Waals surface area contributed by atoms with Gasteiger partial charge in [-0.3, -0.25) is 0 Å². The average molecular weight is 327 g/mol. The van der Waals surface area contributed by atoms with Gasteiger partial charge in [0.05, 0.1) is 0 Å². The molecule has 0 aromatic heterocycles. The number of amides is 3. The van der Waals surface area contributed by atoms with Crippen molar-refractivity contribution in [3.63, 3.8) is 0 Å². The minimum absolute atomic E-state index is 0.0146. The van der Waals surface area contributed by atoms with E-state index in [-0.39, 0.29) is 23.6 Å². The highest BCUT2D eigenvalue weighted by atomic mass is 16.6. The molecule has 1 atom stereocenters. The van der Waals surface area contributed by atoms with Crippen molar-refractivity contribution in [3.05, 3.63) is 0 Å². The monoisotopic (exact) mass is 327 g/mol. The van der Waals surface area contributed by atoms with Crippen LogP contribution >= 0.6 is 0 Å². The molecular weight excluding hydrogens is 294 g/mol. The molecule has 3 amide bonds. The number of nitrogens with zero attached hydrogens (tertiary/aromatic N) is 2. The van der Waals surface area contributed by atoms with Gasteiger partial charge in [-0.2, -0.15) is 0 Å². The van der Waals surface area contributed by atoms with E-state index in [1.807, 2.05) is 32.6 Å². The Kier molecular flexibility index (Phi) is 6.31. The first-order valence-corrected chi connectivity index (χ1v) is 8.42. The SMILES string of the molecule is CC(CNC(=O)N1CCCC1(C)C)CN(C)C(=O)OC(C)(C)C.